The molecule has 16 aromatic rings. The van der Waals surface area contributed by atoms with Gasteiger partial charge in [0, 0.05) is 75.3 Å². The average Bonchev–Trinajstić information content (AvgIpc) is 0.840. The highest BCUT2D eigenvalue weighted by Gasteiger charge is 2.45. The topological polar surface area (TPSA) is 39.2 Å². The molecule has 4 heterocycles. The fourth-order valence-electron chi connectivity index (χ4n) is 14.0. The van der Waals surface area contributed by atoms with Crippen molar-refractivity contribution in [2.45, 2.75) is 13.7 Å². The Morgan fingerprint density at radius 3 is 1.42 bits per heavy atom. The molecular weight excluding hydrogens is 1120 g/mol. The van der Waals surface area contributed by atoms with Gasteiger partial charge in [0.2, 0.25) is 0 Å². The van der Waals surface area contributed by atoms with E-state index >= 15 is 0 Å². The maximum Gasteiger partial charge on any atom is 0.252 e. The summed E-state index contributed by atoms with van der Waals surface area (Å²) in [5, 5.41) is 7.72. The van der Waals surface area contributed by atoms with Crippen molar-refractivity contribution in [1.29, 1.82) is 0 Å². The Morgan fingerprint density at radius 2 is 0.800 bits per heavy atom. The zero-order chi connectivity index (χ0) is 65.0. The fraction of sp³-hybridized carbons (Fsp3) is 0.0244. The van der Waals surface area contributed by atoms with E-state index in [9.17, 15) is 0 Å². The lowest BCUT2D eigenvalue weighted by atomic mass is 9.33. The predicted octanol–water partition coefficient (Wildman–Crippen LogP) is 21.8. The molecule has 2 aliphatic rings. The molecule has 0 radical (unpaired) electrons. The molecule has 6 nitrogen and oxygen atoms in total. The molecule has 0 amide bonds. The molecule has 0 unspecified atom stereocenters. The highest BCUT2D eigenvalue weighted by molar-refractivity contribution is 7.02. The Bertz CT molecular complexity index is 5660. The highest BCUT2D eigenvalue weighted by Crippen LogP contribution is 2.53. The summed E-state index contributed by atoms with van der Waals surface area (Å²) in [5.41, 5.74) is 17.9. The van der Waals surface area contributed by atoms with Crippen molar-refractivity contribution in [3.05, 3.63) is 319 Å². The van der Waals surface area contributed by atoms with Crippen molar-refractivity contribution in [1.82, 2.24) is 0 Å². The van der Waals surface area contributed by atoms with Gasteiger partial charge in [-0.1, -0.05) is 218 Å². The Kier molecular flexibility index (Phi) is 11.2. The van der Waals surface area contributed by atoms with Crippen molar-refractivity contribution < 1.29 is 17.1 Å². The zero-order valence-corrected chi connectivity index (χ0v) is 49.2. The van der Waals surface area contributed by atoms with Gasteiger partial charge in [-0.05, 0) is 149 Å². The first-order valence-electron chi connectivity index (χ1n) is 33.1. The van der Waals surface area contributed by atoms with E-state index in [1.165, 1.54) is 16.4 Å². The van der Waals surface area contributed by atoms with Gasteiger partial charge in [0.05, 0.1) is 38.5 Å². The van der Waals surface area contributed by atoms with Crippen LogP contribution in [0.15, 0.2) is 312 Å². The van der Waals surface area contributed by atoms with Gasteiger partial charge < -0.3 is 28.4 Å². The Morgan fingerprint density at radius 1 is 0.356 bits per heavy atom. The van der Waals surface area contributed by atoms with Crippen LogP contribution in [0.2, 0.25) is 5.02 Å². The molecule has 0 atom stereocenters. The van der Waals surface area contributed by atoms with E-state index in [4.69, 9.17) is 28.7 Å². The second-order valence-corrected chi connectivity index (χ2v) is 23.1. The smallest absolute Gasteiger partial charge is 0.252 e. The summed E-state index contributed by atoms with van der Waals surface area (Å²) in [6.45, 7) is -4.77. The van der Waals surface area contributed by atoms with E-state index in [0.29, 0.717) is 27.4 Å². The molecule has 18 rings (SSSR count). The van der Waals surface area contributed by atoms with Crippen LogP contribution in [0, 0.1) is 13.7 Å². The van der Waals surface area contributed by atoms with Gasteiger partial charge in [-0.2, -0.15) is 0 Å². The van der Waals surface area contributed by atoms with Gasteiger partial charge >= 0.3 is 0 Å². The highest BCUT2D eigenvalue weighted by atomic mass is 35.5. The molecule has 90 heavy (non-hydrogen) atoms. The summed E-state index contributed by atoms with van der Waals surface area (Å²) >= 11 is 7.56. The first-order chi connectivity index (χ1) is 46.9. The van der Waals surface area contributed by atoms with Crippen molar-refractivity contribution in [3.8, 4) is 0 Å². The maximum atomic E-state index is 8.37. The first-order valence-corrected chi connectivity index (χ1v) is 30.5. The predicted molar refractivity (Wildman–Crippen MR) is 380 cm³/mol. The van der Waals surface area contributed by atoms with E-state index in [1.807, 2.05) is 140 Å². The number of para-hydroxylation sites is 8. The maximum absolute atomic E-state index is 8.37. The van der Waals surface area contributed by atoms with Crippen LogP contribution in [0.5, 0.6) is 0 Å². The largest absolute Gasteiger partial charge is 0.455 e. The monoisotopic (exact) mass is 1180 g/mol. The first kappa shape index (κ1) is 46.9. The molecule has 0 N–H and O–H groups in total. The van der Waals surface area contributed by atoms with Crippen LogP contribution in [-0.4, -0.2) is 6.71 Å². The average molecular weight is 1180 g/mol. The fourth-order valence-corrected chi connectivity index (χ4v) is 14.3. The number of hydrogen-bond acceptors (Lipinski definition) is 6. The summed E-state index contributed by atoms with van der Waals surface area (Å²) in [6.07, 6.45) is 0. The van der Waals surface area contributed by atoms with Gasteiger partial charge in [0.25, 0.3) is 6.71 Å². The summed E-state index contributed by atoms with van der Waals surface area (Å²) in [5.74, 6) is 0. The molecule has 0 aliphatic carbocycles. The molecular formula is C82H56BClN4O2. The molecule has 0 saturated carbocycles. The third-order valence-electron chi connectivity index (χ3n) is 17.7. The number of nitrogens with zero attached hydrogens (tertiary/aromatic N) is 4. The van der Waals surface area contributed by atoms with Crippen LogP contribution in [0.1, 0.15) is 19.4 Å². The molecule has 0 fully saturated rings. The summed E-state index contributed by atoms with van der Waals surface area (Å²) < 4.78 is 63.2. The Balaban J connectivity index is 0.000000145. The van der Waals surface area contributed by atoms with Crippen molar-refractivity contribution >= 4 is 168 Å². The Hall–Kier alpha value is -11.2. The molecule has 0 bridgehead atoms. The van der Waals surface area contributed by atoms with Crippen molar-refractivity contribution in [2.75, 3.05) is 19.6 Å². The summed E-state index contributed by atoms with van der Waals surface area (Å²) in [7, 11) is 0. The van der Waals surface area contributed by atoms with Crippen LogP contribution < -0.4 is 36.0 Å². The molecule has 0 spiro atoms. The second kappa shape index (κ2) is 21.6. The quantitative estimate of drug-likeness (QED) is 0.141. The summed E-state index contributed by atoms with van der Waals surface area (Å²) in [4.78, 5) is 9.05. The number of aryl methyl sites for hydroxylation is 2. The second-order valence-electron chi connectivity index (χ2n) is 22.7. The van der Waals surface area contributed by atoms with Crippen LogP contribution >= 0.6 is 11.6 Å². The standard InChI is InChI=1S/C41H27BN2O.C41H29ClN2O/c1-26-14-12-21-31-36-39-37(29-19-8-9-20-30(29)41(36)45-40(26)31)42-32-22-10-11-23-33(32)43(27-15-4-2-5-16-27)34-24-13-25-35(38(34)42)44(39)28-17-6-3-7-18-28;1-28-15-13-24-34-38-37(27-29-16-11-12-23-33(29)41(38)45-40(28)34)44(32-21-9-4-10-22-32)36-26-14-25-35(39(36)42)43(30-17-5-2-6-18-30)31-19-7-3-8-20-31/h2-25H,1H3;2-27H,1H3/i2*1D3. The number of furan rings is 2. The normalized spacial score (nSPS) is 13.6. The Labute approximate surface area is 535 Å². The molecule has 14 aromatic carbocycles. The molecule has 2 aromatic heterocycles. The van der Waals surface area contributed by atoms with E-state index in [-0.39, 0.29) is 17.8 Å². The van der Waals surface area contributed by atoms with E-state index in [0.717, 1.165) is 111 Å². The van der Waals surface area contributed by atoms with Crippen LogP contribution in [0.4, 0.5) is 68.2 Å². The van der Waals surface area contributed by atoms with Gasteiger partial charge in [0.15, 0.2) is 0 Å². The zero-order valence-electron chi connectivity index (χ0n) is 54.4. The van der Waals surface area contributed by atoms with Gasteiger partial charge in [-0.15, -0.1) is 0 Å². The van der Waals surface area contributed by atoms with E-state index < -0.39 is 13.7 Å². The third kappa shape index (κ3) is 8.34. The molecule has 426 valence electrons. The lowest BCUT2D eigenvalue weighted by Crippen LogP contribution is -2.61. The molecule has 2 aliphatic heterocycles. The molecule has 8 heteroatoms. The number of fused-ring (bicyclic) bond motifs is 16. The van der Waals surface area contributed by atoms with Gasteiger partial charge in [-0.25, -0.2) is 0 Å². The lowest BCUT2D eigenvalue weighted by molar-refractivity contribution is 0.669. The van der Waals surface area contributed by atoms with E-state index in [1.54, 1.807) is 18.2 Å². The number of rotatable bonds is 8. The number of halogens is 1. The lowest BCUT2D eigenvalue weighted by Gasteiger charge is -2.44. The van der Waals surface area contributed by atoms with Crippen LogP contribution in [0.25, 0.3) is 65.4 Å². The van der Waals surface area contributed by atoms with Crippen LogP contribution in [0.3, 0.4) is 0 Å². The van der Waals surface area contributed by atoms with E-state index in [2.05, 4.69) is 165 Å². The van der Waals surface area contributed by atoms with Gasteiger partial charge in [-0.3, -0.25) is 0 Å². The van der Waals surface area contributed by atoms with Crippen LogP contribution in [-0.2, 0) is 0 Å². The van der Waals surface area contributed by atoms with Crippen molar-refractivity contribution in [2.24, 2.45) is 0 Å². The third-order valence-corrected chi connectivity index (χ3v) is 18.1. The number of hydrogen-bond donors (Lipinski definition) is 0. The minimum absolute atomic E-state index is 0.0904. The minimum Gasteiger partial charge on any atom is -0.455 e. The van der Waals surface area contributed by atoms with Gasteiger partial charge in [0.1, 0.15) is 22.3 Å². The minimum atomic E-state index is -2.35. The number of anilines is 12. The SMILES string of the molecule is [2H]C([2H])([2H])c1cccc2c1oc1c3ccccc3c3c(c21)N(c1ccccc1)c1cccc2c1B3c1ccccc1N2c1ccccc1.[2H]C([2H])([2H])c1cccc2c1oc1c3ccccc3cc(N(c3ccccc3)c3cccc(N(c4ccccc4)c4ccccc4)c3Cl)c21. The number of benzene rings is 14. The summed E-state index contributed by atoms with van der Waals surface area (Å²) in [6, 6.07) is 102. The van der Waals surface area contributed by atoms with Crippen molar-refractivity contribution in [3.63, 3.8) is 0 Å². The molecule has 0 saturated heterocycles.